The fourth-order valence-corrected chi connectivity index (χ4v) is 4.08. The predicted octanol–water partition coefficient (Wildman–Crippen LogP) is 4.60. The van der Waals surface area contributed by atoms with E-state index in [-0.39, 0.29) is 16.8 Å². The van der Waals surface area contributed by atoms with Crippen molar-refractivity contribution in [1.82, 2.24) is 5.32 Å². The van der Waals surface area contributed by atoms with E-state index in [0.717, 1.165) is 11.1 Å². The zero-order valence-corrected chi connectivity index (χ0v) is 17.5. The van der Waals surface area contributed by atoms with E-state index in [1.54, 1.807) is 49.4 Å². The van der Waals surface area contributed by atoms with E-state index in [1.807, 2.05) is 44.2 Å². The minimum absolute atomic E-state index is 0.135. The third kappa shape index (κ3) is 5.03. The Morgan fingerprint density at radius 2 is 1.55 bits per heavy atom. The summed E-state index contributed by atoms with van der Waals surface area (Å²) in [7, 11) is -3.69. The van der Waals surface area contributed by atoms with Crippen molar-refractivity contribution in [3.8, 4) is 0 Å². The van der Waals surface area contributed by atoms with Crippen LogP contribution in [-0.2, 0) is 10.0 Å². The number of hydrogen-bond donors (Lipinski definition) is 2. The van der Waals surface area contributed by atoms with Gasteiger partial charge in [0.1, 0.15) is 0 Å². The molecule has 2 N–H and O–H groups in total. The van der Waals surface area contributed by atoms with Gasteiger partial charge in [-0.2, -0.15) is 0 Å². The number of anilines is 1. The molecule has 3 rings (SSSR count). The predicted molar refractivity (Wildman–Crippen MR) is 115 cm³/mol. The monoisotopic (exact) mass is 408 g/mol. The van der Waals surface area contributed by atoms with Crippen molar-refractivity contribution < 1.29 is 13.2 Å². The first-order chi connectivity index (χ1) is 13.8. The lowest BCUT2D eigenvalue weighted by molar-refractivity contribution is 0.0940. The molecule has 0 radical (unpaired) electrons. The van der Waals surface area contributed by atoms with E-state index in [0.29, 0.717) is 16.8 Å². The Bertz CT molecular complexity index is 1110. The van der Waals surface area contributed by atoms with E-state index in [4.69, 9.17) is 0 Å². The SMILES string of the molecule is Cc1ccc(S(=O)(=O)Nc2ccc(C(=O)N[C@H](C)c3ccccc3)cc2C)cc1. The van der Waals surface area contributed by atoms with Crippen LogP contribution in [0.4, 0.5) is 5.69 Å². The molecule has 0 saturated carbocycles. The van der Waals surface area contributed by atoms with Crippen LogP contribution in [0.15, 0.2) is 77.7 Å². The molecule has 0 aliphatic heterocycles. The molecular weight excluding hydrogens is 384 g/mol. The van der Waals surface area contributed by atoms with Gasteiger partial charge in [0, 0.05) is 5.56 Å². The van der Waals surface area contributed by atoms with Crippen molar-refractivity contribution in [2.45, 2.75) is 31.7 Å². The van der Waals surface area contributed by atoms with Gasteiger partial charge in [-0.1, -0.05) is 48.0 Å². The highest BCUT2D eigenvalue weighted by Crippen LogP contribution is 2.22. The number of carbonyl (C=O) groups excluding carboxylic acids is 1. The lowest BCUT2D eigenvalue weighted by Crippen LogP contribution is -2.26. The number of amides is 1. The Morgan fingerprint density at radius 3 is 2.17 bits per heavy atom. The molecule has 0 saturated heterocycles. The maximum Gasteiger partial charge on any atom is 0.261 e. The van der Waals surface area contributed by atoms with Crippen molar-refractivity contribution >= 4 is 21.6 Å². The van der Waals surface area contributed by atoms with Crippen molar-refractivity contribution in [3.05, 3.63) is 95.1 Å². The number of carbonyl (C=O) groups is 1. The molecule has 150 valence electrons. The van der Waals surface area contributed by atoms with Gasteiger partial charge >= 0.3 is 0 Å². The summed E-state index contributed by atoms with van der Waals surface area (Å²) < 4.78 is 27.8. The van der Waals surface area contributed by atoms with Gasteiger partial charge in [-0.05, 0) is 62.2 Å². The van der Waals surface area contributed by atoms with Gasteiger partial charge in [0.15, 0.2) is 0 Å². The van der Waals surface area contributed by atoms with Crippen LogP contribution in [0.5, 0.6) is 0 Å². The lowest BCUT2D eigenvalue weighted by Gasteiger charge is -2.16. The Hall–Kier alpha value is -3.12. The lowest BCUT2D eigenvalue weighted by atomic mass is 10.1. The Morgan fingerprint density at radius 1 is 0.897 bits per heavy atom. The van der Waals surface area contributed by atoms with Gasteiger partial charge in [-0.3, -0.25) is 9.52 Å². The molecule has 0 heterocycles. The van der Waals surface area contributed by atoms with E-state index in [1.165, 1.54) is 0 Å². The van der Waals surface area contributed by atoms with Crippen molar-refractivity contribution in [3.63, 3.8) is 0 Å². The molecule has 29 heavy (non-hydrogen) atoms. The second-order valence-electron chi connectivity index (χ2n) is 7.05. The van der Waals surface area contributed by atoms with Crippen LogP contribution >= 0.6 is 0 Å². The average molecular weight is 409 g/mol. The number of rotatable bonds is 6. The maximum atomic E-state index is 12.6. The summed E-state index contributed by atoms with van der Waals surface area (Å²) in [6.07, 6.45) is 0. The number of nitrogens with one attached hydrogen (secondary N) is 2. The van der Waals surface area contributed by atoms with Gasteiger partial charge in [0.2, 0.25) is 0 Å². The van der Waals surface area contributed by atoms with Crippen LogP contribution in [0.1, 0.15) is 40.0 Å². The molecule has 0 unspecified atom stereocenters. The Balaban J connectivity index is 1.74. The molecule has 6 heteroatoms. The summed E-state index contributed by atoms with van der Waals surface area (Å²) in [6.45, 7) is 5.59. The smallest absolute Gasteiger partial charge is 0.261 e. The average Bonchev–Trinajstić information content (AvgIpc) is 2.70. The largest absolute Gasteiger partial charge is 0.346 e. The number of sulfonamides is 1. The number of benzene rings is 3. The molecule has 1 amide bonds. The summed E-state index contributed by atoms with van der Waals surface area (Å²) >= 11 is 0. The summed E-state index contributed by atoms with van der Waals surface area (Å²) in [5, 5.41) is 2.96. The van der Waals surface area contributed by atoms with Crippen LogP contribution in [0.2, 0.25) is 0 Å². The summed E-state index contributed by atoms with van der Waals surface area (Å²) in [5.41, 5.74) is 3.59. The highest BCUT2D eigenvalue weighted by Gasteiger charge is 2.17. The van der Waals surface area contributed by atoms with E-state index in [9.17, 15) is 13.2 Å². The van der Waals surface area contributed by atoms with Crippen LogP contribution in [0.25, 0.3) is 0 Å². The van der Waals surface area contributed by atoms with Crippen molar-refractivity contribution in [2.75, 3.05) is 4.72 Å². The standard InChI is InChI=1S/C23H24N2O3S/c1-16-9-12-21(13-10-16)29(27,28)25-22-14-11-20(15-17(22)2)23(26)24-18(3)19-7-5-4-6-8-19/h4-15,18,25H,1-3H3,(H,24,26)/t18-/m1/s1. The van der Waals surface area contributed by atoms with Gasteiger partial charge < -0.3 is 5.32 Å². The van der Waals surface area contributed by atoms with Crippen LogP contribution in [0.3, 0.4) is 0 Å². The maximum absolute atomic E-state index is 12.6. The van der Waals surface area contributed by atoms with Gasteiger partial charge in [-0.25, -0.2) is 8.42 Å². The molecule has 1 atom stereocenters. The zero-order valence-electron chi connectivity index (χ0n) is 16.6. The second kappa shape index (κ2) is 8.49. The summed E-state index contributed by atoms with van der Waals surface area (Å²) in [6, 6.07) is 21.1. The molecule has 5 nitrogen and oxygen atoms in total. The highest BCUT2D eigenvalue weighted by molar-refractivity contribution is 7.92. The van der Waals surface area contributed by atoms with Crippen LogP contribution in [0, 0.1) is 13.8 Å². The normalized spacial score (nSPS) is 12.2. The minimum atomic E-state index is -3.69. The number of aryl methyl sites for hydroxylation is 2. The molecule has 0 aliphatic rings. The summed E-state index contributed by atoms with van der Waals surface area (Å²) in [5.74, 6) is -0.211. The molecule has 0 aliphatic carbocycles. The Labute approximate surface area is 171 Å². The minimum Gasteiger partial charge on any atom is -0.346 e. The molecule has 0 spiro atoms. The molecule has 0 aromatic heterocycles. The van der Waals surface area contributed by atoms with Crippen molar-refractivity contribution in [2.24, 2.45) is 0 Å². The molecule has 3 aromatic carbocycles. The van der Waals surface area contributed by atoms with Crippen LogP contribution < -0.4 is 10.0 Å². The quantitative estimate of drug-likeness (QED) is 0.626. The highest BCUT2D eigenvalue weighted by atomic mass is 32.2. The molecular formula is C23H24N2O3S. The molecule has 3 aromatic rings. The number of hydrogen-bond acceptors (Lipinski definition) is 3. The topological polar surface area (TPSA) is 75.3 Å². The summed E-state index contributed by atoms with van der Waals surface area (Å²) in [4.78, 5) is 12.8. The van der Waals surface area contributed by atoms with E-state index < -0.39 is 10.0 Å². The first-order valence-corrected chi connectivity index (χ1v) is 10.8. The fourth-order valence-electron chi connectivity index (χ4n) is 2.95. The van der Waals surface area contributed by atoms with Gasteiger partial charge in [0.05, 0.1) is 16.6 Å². The molecule has 0 fully saturated rings. The zero-order chi connectivity index (χ0) is 21.0. The van der Waals surface area contributed by atoms with E-state index >= 15 is 0 Å². The van der Waals surface area contributed by atoms with Gasteiger partial charge in [0.25, 0.3) is 15.9 Å². The van der Waals surface area contributed by atoms with Crippen molar-refractivity contribution in [1.29, 1.82) is 0 Å². The fraction of sp³-hybridized carbons (Fsp3) is 0.174. The van der Waals surface area contributed by atoms with E-state index in [2.05, 4.69) is 10.0 Å². The third-order valence-corrected chi connectivity index (χ3v) is 6.09. The van der Waals surface area contributed by atoms with Crippen LogP contribution in [-0.4, -0.2) is 14.3 Å². The second-order valence-corrected chi connectivity index (χ2v) is 8.74. The Kier molecular flexibility index (Phi) is 6.03. The third-order valence-electron chi connectivity index (χ3n) is 4.71. The molecule has 0 bridgehead atoms. The van der Waals surface area contributed by atoms with Gasteiger partial charge in [-0.15, -0.1) is 0 Å². The first kappa shape index (κ1) is 20.6. The first-order valence-electron chi connectivity index (χ1n) is 9.32.